The first-order valence-corrected chi connectivity index (χ1v) is 29.2. The third-order valence-corrected chi connectivity index (χ3v) is 19.3. The van der Waals surface area contributed by atoms with Gasteiger partial charge in [0.25, 0.3) is 0 Å². The summed E-state index contributed by atoms with van der Waals surface area (Å²) < 4.78 is 73.3. The maximum atomic E-state index is 15.0. The second-order valence-corrected chi connectivity index (χ2v) is 25.8. The minimum Gasteiger partial charge on any atom is -0.459 e. The number of ether oxygens (including phenoxy) is 5. The van der Waals surface area contributed by atoms with Crippen molar-refractivity contribution in [2.75, 3.05) is 33.6 Å². The van der Waals surface area contributed by atoms with E-state index in [1.54, 1.807) is 39.3 Å². The summed E-state index contributed by atoms with van der Waals surface area (Å²) in [6, 6.07) is 5.31. The SMILES string of the molecule is C=C1CC[C@@H]2[C@@H](C)/C(=N/O)[C@H](C)C[C@@](C)(CC1)[C@H](O[C@@H]1O[C@H](C)C[C@H](N(C)CCc3cn([C@H](CF)Cc4ccc(S(C)(=O)=O)cc4)nn3)[C@H]1O)[C@@H](C)[C@H](C1C[C@@](C)(OC)[C@@H](O)[C@H](C)O1)[C@@H](C)C(=O)O[C@H](CC)[C@@]2(C)O. The fraction of sp³-hybridized carbons (Fsp3) is 0.786. The van der Waals surface area contributed by atoms with Crippen molar-refractivity contribution in [3.63, 3.8) is 0 Å². The highest BCUT2D eigenvalue weighted by Gasteiger charge is 2.56. The Labute approximate surface area is 445 Å². The minimum absolute atomic E-state index is 0.191. The predicted octanol–water partition coefficient (Wildman–Crippen LogP) is 7.32. The van der Waals surface area contributed by atoms with Gasteiger partial charge in [-0.2, -0.15) is 0 Å². The molecule has 2 aromatic rings. The average Bonchev–Trinajstić information content (AvgIpc) is 3.83. The van der Waals surface area contributed by atoms with E-state index in [1.807, 2.05) is 48.6 Å². The van der Waals surface area contributed by atoms with Gasteiger partial charge in [0.05, 0.1) is 58.3 Å². The fourth-order valence-electron chi connectivity index (χ4n) is 13.5. The number of halogens is 1. The van der Waals surface area contributed by atoms with E-state index in [-0.39, 0.29) is 29.8 Å². The maximum absolute atomic E-state index is 15.0. The number of aliphatic hydroxyl groups is 3. The number of sulfone groups is 1. The molecule has 1 aromatic heterocycles. The Morgan fingerprint density at radius 3 is 2.33 bits per heavy atom. The van der Waals surface area contributed by atoms with Gasteiger partial charge in [0.1, 0.15) is 30.6 Å². The number of aliphatic hydroxyl groups excluding tert-OH is 2. The Morgan fingerprint density at radius 1 is 1.04 bits per heavy atom. The number of carbonyl (C=O) groups is 1. The van der Waals surface area contributed by atoms with Gasteiger partial charge >= 0.3 is 5.97 Å². The van der Waals surface area contributed by atoms with Crippen LogP contribution in [0.5, 0.6) is 0 Å². The van der Waals surface area contributed by atoms with Crippen molar-refractivity contribution >= 4 is 21.5 Å². The fourth-order valence-corrected chi connectivity index (χ4v) is 14.1. The molecule has 0 spiro atoms. The number of rotatable bonds is 14. The second-order valence-electron chi connectivity index (χ2n) is 23.8. The zero-order chi connectivity index (χ0) is 55.5. The third-order valence-electron chi connectivity index (χ3n) is 18.1. The van der Waals surface area contributed by atoms with Crippen molar-refractivity contribution in [3.05, 3.63) is 53.9 Å². The lowest BCUT2D eigenvalue weighted by molar-refractivity contribution is -0.296. The molecule has 6 rings (SSSR count). The Bertz CT molecular complexity index is 2370. The van der Waals surface area contributed by atoms with E-state index < -0.39 is 124 Å². The van der Waals surface area contributed by atoms with Gasteiger partial charge in [0.2, 0.25) is 0 Å². The summed E-state index contributed by atoms with van der Waals surface area (Å²) >= 11 is 0. The standard InChI is InChI=1S/C56H90FN5O12S/c1-15-46-56(11,66)43-21-16-32(2)22-24-54(9,28-33(3)48(59-67)35(43)5)51(36(6)47(37(7)52(65)73-46)45-29-55(10,70-13)50(64)38(8)72-45)74-53-49(63)44(26-34(4)71-53)61(12)25-23-40-31-62(60-58-40)41(30-57)27-39-17-19-42(20-18-39)75(14,68)69/h17-20,31,33-38,41,43-47,49-51,53,63-64,66-67H,2,15-16,21-30H2,1,3-14H3/b59-48+/t33-,34-,35-,36+,37-,38+,41+,43-,44+,45?,46-,47+,49-,50+,51-,53+,54-,55-,56+/m1/s1. The highest BCUT2D eigenvalue weighted by atomic mass is 32.2. The number of hydrogen-bond acceptors (Lipinski definition) is 16. The molecule has 17 nitrogen and oxygen atoms in total. The molecule has 0 radical (unpaired) electrons. The van der Waals surface area contributed by atoms with Crippen molar-refractivity contribution in [2.24, 2.45) is 46.1 Å². The number of oxime groups is 1. The summed E-state index contributed by atoms with van der Waals surface area (Å²) in [4.78, 5) is 17.2. The first-order valence-electron chi connectivity index (χ1n) is 27.3. The summed E-state index contributed by atoms with van der Waals surface area (Å²) in [6.07, 6.45) is 0.840. The van der Waals surface area contributed by atoms with Gasteiger partial charge in [-0.1, -0.05) is 76.2 Å². The highest BCUT2D eigenvalue weighted by molar-refractivity contribution is 7.90. The number of likely N-dealkylation sites (N-methyl/N-ethyl adjacent to an activating group) is 1. The number of nitrogens with zero attached hydrogens (tertiary/aromatic N) is 5. The van der Waals surface area contributed by atoms with Crippen LogP contribution in [0.25, 0.3) is 0 Å². The maximum Gasteiger partial charge on any atom is 0.309 e. The molecule has 19 heteroatoms. The van der Waals surface area contributed by atoms with Gasteiger partial charge in [0, 0.05) is 56.8 Å². The van der Waals surface area contributed by atoms with Crippen LogP contribution in [0.1, 0.15) is 138 Å². The molecule has 4 N–H and O–H groups in total. The number of allylic oxidation sites excluding steroid dienone is 1. The second kappa shape index (κ2) is 24.7. The predicted molar refractivity (Wildman–Crippen MR) is 283 cm³/mol. The zero-order valence-corrected chi connectivity index (χ0v) is 47.7. The highest BCUT2D eigenvalue weighted by Crippen LogP contribution is 2.51. The zero-order valence-electron chi connectivity index (χ0n) is 46.9. The van der Waals surface area contributed by atoms with Crippen LogP contribution in [0.2, 0.25) is 0 Å². The Balaban J connectivity index is 1.36. The monoisotopic (exact) mass is 1080 g/mol. The molecule has 1 aliphatic carbocycles. The van der Waals surface area contributed by atoms with E-state index >= 15 is 0 Å². The number of aromatic nitrogens is 3. The Morgan fingerprint density at radius 2 is 1.72 bits per heavy atom. The van der Waals surface area contributed by atoms with Crippen molar-refractivity contribution in [2.45, 2.75) is 211 Å². The van der Waals surface area contributed by atoms with Gasteiger partial charge in [-0.05, 0) is 127 Å². The molecular formula is C56H90FN5O12S. The number of hydrogen-bond donors (Lipinski definition) is 4. The molecule has 3 aliphatic heterocycles. The van der Waals surface area contributed by atoms with E-state index in [0.29, 0.717) is 69.3 Å². The number of carbonyl (C=O) groups excluding carboxylic acids is 1. The normalized spacial score (nSPS) is 39.9. The van der Waals surface area contributed by atoms with E-state index in [0.717, 1.165) is 17.4 Å². The molecule has 2 bridgehead atoms. The van der Waals surface area contributed by atoms with Gasteiger partial charge in [0.15, 0.2) is 16.1 Å². The molecule has 0 amide bonds. The average molecular weight is 1080 g/mol. The summed E-state index contributed by atoms with van der Waals surface area (Å²) in [5.41, 5.74) is -0.400. The molecule has 19 atom stereocenters. The van der Waals surface area contributed by atoms with E-state index in [9.17, 15) is 38.1 Å². The van der Waals surface area contributed by atoms with Crippen molar-refractivity contribution in [1.29, 1.82) is 0 Å². The number of alkyl halides is 1. The lowest BCUT2D eigenvalue weighted by Gasteiger charge is -2.53. The van der Waals surface area contributed by atoms with Crippen LogP contribution in [0.3, 0.4) is 0 Å². The smallest absolute Gasteiger partial charge is 0.309 e. The number of fused-ring (bicyclic) bond motifs is 5. The number of cyclic esters (lactones) is 1. The largest absolute Gasteiger partial charge is 0.459 e. The summed E-state index contributed by atoms with van der Waals surface area (Å²) in [5.74, 6) is -3.70. The number of esters is 1. The minimum atomic E-state index is -3.37. The van der Waals surface area contributed by atoms with Gasteiger partial charge in [-0.15, -0.1) is 5.10 Å². The van der Waals surface area contributed by atoms with E-state index in [1.165, 1.54) is 16.8 Å². The summed E-state index contributed by atoms with van der Waals surface area (Å²) in [5, 5.41) is 60.2. The number of benzene rings is 1. The topological polar surface area (TPSA) is 225 Å². The molecule has 1 saturated carbocycles. The van der Waals surface area contributed by atoms with Crippen LogP contribution < -0.4 is 0 Å². The Hall–Kier alpha value is -3.40. The molecule has 3 saturated heterocycles. The third kappa shape index (κ3) is 13.5. The van der Waals surface area contributed by atoms with E-state index in [2.05, 4.69) is 40.8 Å². The van der Waals surface area contributed by atoms with Gasteiger partial charge in [-0.3, -0.25) is 4.79 Å². The van der Waals surface area contributed by atoms with Crippen LogP contribution >= 0.6 is 0 Å². The molecule has 4 fully saturated rings. The first kappa shape index (κ1) is 60.8. The first-order chi connectivity index (χ1) is 35.1. The number of methoxy groups -OCH3 is 1. The van der Waals surface area contributed by atoms with Crippen molar-refractivity contribution in [3.8, 4) is 0 Å². The summed E-state index contributed by atoms with van der Waals surface area (Å²) in [7, 11) is 0.120. The Kier molecular flexibility index (Phi) is 20.1. The van der Waals surface area contributed by atoms with Crippen LogP contribution in [-0.2, 0) is 51.2 Å². The lowest BCUT2D eigenvalue weighted by Crippen LogP contribution is -2.61. The van der Waals surface area contributed by atoms with E-state index in [4.69, 9.17) is 23.7 Å². The quantitative estimate of drug-likeness (QED) is 0.0630. The molecule has 1 aromatic carbocycles. The van der Waals surface area contributed by atoms with Crippen LogP contribution in [0.4, 0.5) is 4.39 Å². The molecule has 75 heavy (non-hydrogen) atoms. The van der Waals surface area contributed by atoms with Crippen LogP contribution in [0, 0.1) is 40.9 Å². The molecule has 1 unspecified atom stereocenters. The molecular weight excluding hydrogens is 986 g/mol. The lowest BCUT2D eigenvalue weighted by atomic mass is 9.62. The van der Waals surface area contributed by atoms with Crippen LogP contribution in [-0.4, -0.2) is 160 Å². The van der Waals surface area contributed by atoms with Crippen molar-refractivity contribution in [1.82, 2.24) is 19.9 Å². The molecule has 424 valence electrons. The van der Waals surface area contributed by atoms with Crippen LogP contribution in [0.15, 0.2) is 52.7 Å². The summed E-state index contributed by atoms with van der Waals surface area (Å²) in [6.45, 7) is 23.6. The molecule has 4 aliphatic rings. The molecule has 4 heterocycles. The van der Waals surface area contributed by atoms with Crippen molar-refractivity contribution < 1.29 is 61.8 Å². The van der Waals surface area contributed by atoms with Gasteiger partial charge < -0.3 is 49.1 Å². The van der Waals surface area contributed by atoms with Gasteiger partial charge in [-0.25, -0.2) is 17.5 Å².